The number of halogens is 4. The molecule has 1 amide bonds. The highest BCUT2D eigenvalue weighted by Crippen LogP contribution is 2.47. The van der Waals surface area contributed by atoms with Gasteiger partial charge in [0.1, 0.15) is 17.7 Å². The predicted molar refractivity (Wildman–Crippen MR) is 160 cm³/mol. The Balaban J connectivity index is 1.65. The highest BCUT2D eigenvalue weighted by atomic mass is 19.4. The van der Waals surface area contributed by atoms with Gasteiger partial charge in [0.25, 0.3) is 0 Å². The molecule has 2 aliphatic rings. The topological polar surface area (TPSA) is 38.8 Å². The summed E-state index contributed by atoms with van der Waals surface area (Å²) in [5, 5.41) is 0. The second-order valence-corrected chi connectivity index (χ2v) is 11.4. The number of cyclic esters (lactones) is 1. The molecule has 0 radical (unpaired) electrons. The number of carbonyl (C=O) groups excluding carboxylic acids is 1. The Morgan fingerprint density at radius 1 is 1.05 bits per heavy atom. The minimum Gasteiger partial charge on any atom is -0.496 e. The van der Waals surface area contributed by atoms with Gasteiger partial charge in [0, 0.05) is 29.2 Å². The number of carbonyl (C=O) groups is 1. The molecule has 3 aromatic carbocycles. The maximum Gasteiger partial charge on any atom is 0.416 e. The van der Waals surface area contributed by atoms with Gasteiger partial charge in [0.15, 0.2) is 0 Å². The van der Waals surface area contributed by atoms with E-state index < -0.39 is 41.7 Å². The molecule has 8 heteroatoms. The Bertz CT molecular complexity index is 1610. The summed E-state index contributed by atoms with van der Waals surface area (Å²) in [6.45, 7) is 11.4. The number of methoxy groups -OCH3 is 1. The smallest absolute Gasteiger partial charge is 0.416 e. The Hall–Kier alpha value is -4.07. The van der Waals surface area contributed by atoms with Crippen LogP contribution in [0.5, 0.6) is 5.75 Å². The molecule has 0 aliphatic carbocycles. The zero-order valence-electron chi connectivity index (χ0n) is 24.9. The maximum absolute atomic E-state index is 15.5. The number of rotatable bonds is 7. The molecule has 4 atom stereocenters. The van der Waals surface area contributed by atoms with Crippen LogP contribution in [0, 0.1) is 19.7 Å². The Morgan fingerprint density at radius 2 is 1.77 bits per heavy atom. The molecule has 4 nitrogen and oxygen atoms in total. The molecule has 0 N–H and O–H groups in total. The molecule has 3 aromatic rings. The lowest BCUT2D eigenvalue weighted by atomic mass is 9.84. The number of ether oxygens (including phenoxy) is 2. The van der Waals surface area contributed by atoms with E-state index in [0.717, 1.165) is 28.8 Å². The van der Waals surface area contributed by atoms with Crippen molar-refractivity contribution in [3.63, 3.8) is 0 Å². The Kier molecular flexibility index (Phi) is 8.16. The summed E-state index contributed by atoms with van der Waals surface area (Å²) in [6.07, 6.45) is -0.801. The molecule has 43 heavy (non-hydrogen) atoms. The average Bonchev–Trinajstić information content (AvgIpc) is 3.54. The number of nitrogens with zero attached hydrogens (tertiary/aromatic N) is 1. The van der Waals surface area contributed by atoms with Gasteiger partial charge in [-0.05, 0) is 79.6 Å². The molecule has 0 bridgehead atoms. The zero-order chi connectivity index (χ0) is 31.2. The number of hydrogen-bond acceptors (Lipinski definition) is 3. The number of fused-ring (bicyclic) bond motifs is 1. The number of hydrogen-bond donors (Lipinski definition) is 0. The fourth-order valence-corrected chi connectivity index (χ4v) is 6.69. The van der Waals surface area contributed by atoms with E-state index in [0.29, 0.717) is 40.7 Å². The zero-order valence-corrected chi connectivity index (χ0v) is 24.9. The van der Waals surface area contributed by atoms with Gasteiger partial charge in [-0.15, -0.1) is 0 Å². The van der Waals surface area contributed by atoms with Crippen molar-refractivity contribution in [2.45, 2.75) is 70.8 Å². The normalized spacial score (nSPS) is 21.0. The molecule has 2 saturated heterocycles. The van der Waals surface area contributed by atoms with Crippen LogP contribution in [0.2, 0.25) is 0 Å². The van der Waals surface area contributed by atoms with Crippen LogP contribution in [-0.2, 0) is 10.9 Å². The second-order valence-electron chi connectivity index (χ2n) is 11.4. The molecule has 226 valence electrons. The SMILES string of the molecule is C=CC(=CC)C1OC(=O)N2C1CCC2C(C)c1cc(C(F)(F)F)ccc1-c1cc(-c2ccc(C)cc2C)c(F)cc1OC. The van der Waals surface area contributed by atoms with E-state index in [1.54, 1.807) is 17.0 Å². The third kappa shape index (κ3) is 5.43. The Labute approximate surface area is 249 Å². The lowest BCUT2D eigenvalue weighted by Gasteiger charge is -2.30. The first-order valence-electron chi connectivity index (χ1n) is 14.3. The first kappa shape index (κ1) is 30.4. The highest BCUT2D eigenvalue weighted by molar-refractivity contribution is 5.82. The molecule has 2 fully saturated rings. The molecule has 5 rings (SSSR count). The van der Waals surface area contributed by atoms with Gasteiger partial charge in [-0.1, -0.05) is 55.5 Å². The third-order valence-electron chi connectivity index (χ3n) is 8.86. The molecule has 0 spiro atoms. The van der Waals surface area contributed by atoms with E-state index in [4.69, 9.17) is 9.47 Å². The van der Waals surface area contributed by atoms with Crippen molar-refractivity contribution in [3.05, 3.63) is 101 Å². The number of aryl methyl sites for hydroxylation is 2. The quantitative estimate of drug-likeness (QED) is 0.202. The van der Waals surface area contributed by atoms with Gasteiger partial charge in [0.2, 0.25) is 0 Å². The average molecular weight is 594 g/mol. The lowest BCUT2D eigenvalue weighted by Crippen LogP contribution is -2.39. The predicted octanol–water partition coefficient (Wildman–Crippen LogP) is 9.39. The number of allylic oxidation sites excluding steroid dienone is 1. The second kappa shape index (κ2) is 11.5. The van der Waals surface area contributed by atoms with Crippen molar-refractivity contribution < 1.29 is 31.8 Å². The monoisotopic (exact) mass is 593 g/mol. The largest absolute Gasteiger partial charge is 0.496 e. The molecule has 2 aliphatic heterocycles. The molecular formula is C35H35F4NO3. The van der Waals surface area contributed by atoms with Gasteiger partial charge in [-0.3, -0.25) is 4.90 Å². The van der Waals surface area contributed by atoms with Crippen molar-refractivity contribution in [1.82, 2.24) is 4.90 Å². The van der Waals surface area contributed by atoms with Crippen molar-refractivity contribution in [2.24, 2.45) is 0 Å². The summed E-state index contributed by atoms with van der Waals surface area (Å²) >= 11 is 0. The summed E-state index contributed by atoms with van der Waals surface area (Å²) in [5.41, 5.74) is 4.24. The van der Waals surface area contributed by atoms with Crippen molar-refractivity contribution in [2.75, 3.05) is 7.11 Å². The van der Waals surface area contributed by atoms with E-state index >= 15 is 4.39 Å². The first-order chi connectivity index (χ1) is 20.4. The van der Waals surface area contributed by atoms with Crippen LogP contribution >= 0.6 is 0 Å². The number of benzene rings is 3. The van der Waals surface area contributed by atoms with Crippen LogP contribution in [0.1, 0.15) is 54.9 Å². The first-order valence-corrected chi connectivity index (χ1v) is 14.3. The standard InChI is InChI=1S/C35H35F4NO3/c1-7-22(8-2)33-31-14-13-30(40(31)34(41)43-33)21(5)26-16-23(35(37,38)39)10-12-25(26)28-17-27(29(36)18-32(28)42-6)24-11-9-19(3)15-20(24)4/h7-12,15-18,21,30-31,33H,1,13-14H2,2-6H3. The minimum atomic E-state index is -4.58. The van der Waals surface area contributed by atoms with E-state index in [9.17, 15) is 18.0 Å². The fourth-order valence-electron chi connectivity index (χ4n) is 6.69. The molecule has 0 aromatic heterocycles. The van der Waals surface area contributed by atoms with E-state index in [1.807, 2.05) is 52.0 Å². The molecular weight excluding hydrogens is 558 g/mol. The molecule has 2 heterocycles. The fraction of sp³-hybridized carbons (Fsp3) is 0.343. The summed E-state index contributed by atoms with van der Waals surface area (Å²) in [6, 6.07) is 11.6. The van der Waals surface area contributed by atoms with Crippen LogP contribution in [0.3, 0.4) is 0 Å². The van der Waals surface area contributed by atoms with Crippen LogP contribution < -0.4 is 4.74 Å². The molecule has 0 saturated carbocycles. The summed E-state index contributed by atoms with van der Waals surface area (Å²) in [4.78, 5) is 14.8. The minimum absolute atomic E-state index is 0.202. The Morgan fingerprint density at radius 3 is 2.40 bits per heavy atom. The van der Waals surface area contributed by atoms with Gasteiger partial charge in [0.05, 0.1) is 18.7 Å². The van der Waals surface area contributed by atoms with Crippen molar-refractivity contribution in [3.8, 4) is 28.0 Å². The van der Waals surface area contributed by atoms with Crippen LogP contribution in [-0.4, -0.2) is 36.3 Å². The van der Waals surface area contributed by atoms with Crippen molar-refractivity contribution >= 4 is 6.09 Å². The van der Waals surface area contributed by atoms with E-state index in [-0.39, 0.29) is 11.8 Å². The summed E-state index contributed by atoms with van der Waals surface area (Å²) in [5.74, 6) is -0.806. The number of amides is 1. The molecule has 4 unspecified atom stereocenters. The highest BCUT2D eigenvalue weighted by Gasteiger charge is 2.51. The van der Waals surface area contributed by atoms with Crippen molar-refractivity contribution in [1.29, 1.82) is 0 Å². The van der Waals surface area contributed by atoms with Crippen LogP contribution in [0.15, 0.2) is 72.8 Å². The summed E-state index contributed by atoms with van der Waals surface area (Å²) in [7, 11) is 1.41. The van der Waals surface area contributed by atoms with Gasteiger partial charge in [-0.25, -0.2) is 9.18 Å². The van der Waals surface area contributed by atoms with Gasteiger partial charge < -0.3 is 9.47 Å². The summed E-state index contributed by atoms with van der Waals surface area (Å²) < 4.78 is 68.8. The third-order valence-corrected chi connectivity index (χ3v) is 8.86. The van der Waals surface area contributed by atoms with Crippen LogP contribution in [0.4, 0.5) is 22.4 Å². The maximum atomic E-state index is 15.5. The van der Waals surface area contributed by atoms with Gasteiger partial charge in [-0.2, -0.15) is 13.2 Å². The van der Waals surface area contributed by atoms with Crippen LogP contribution in [0.25, 0.3) is 22.3 Å². The van der Waals surface area contributed by atoms with E-state index in [1.165, 1.54) is 19.2 Å². The van der Waals surface area contributed by atoms with Gasteiger partial charge >= 0.3 is 12.3 Å². The lowest BCUT2D eigenvalue weighted by molar-refractivity contribution is -0.137. The number of alkyl halides is 3. The van der Waals surface area contributed by atoms with E-state index in [2.05, 4.69) is 6.58 Å².